The van der Waals surface area contributed by atoms with Gasteiger partial charge in [-0.05, 0) is 48.9 Å². The molecule has 0 saturated heterocycles. The van der Waals surface area contributed by atoms with Gasteiger partial charge in [-0.25, -0.2) is 9.59 Å². The van der Waals surface area contributed by atoms with Crippen molar-refractivity contribution in [1.82, 2.24) is 0 Å². The van der Waals surface area contributed by atoms with Gasteiger partial charge in [-0.1, -0.05) is 6.07 Å². The Labute approximate surface area is 144 Å². The highest BCUT2D eigenvalue weighted by atomic mass is 16.5. The van der Waals surface area contributed by atoms with E-state index in [1.807, 2.05) is 0 Å². The van der Waals surface area contributed by atoms with E-state index in [1.54, 1.807) is 36.5 Å². The quantitative estimate of drug-likeness (QED) is 0.749. The van der Waals surface area contributed by atoms with Crippen molar-refractivity contribution in [2.24, 2.45) is 4.99 Å². The van der Waals surface area contributed by atoms with E-state index < -0.39 is 18.0 Å². The molecule has 0 heterocycles. The lowest BCUT2D eigenvalue weighted by atomic mass is 10.2. The third kappa shape index (κ3) is 4.81. The van der Waals surface area contributed by atoms with E-state index in [9.17, 15) is 9.59 Å². The van der Waals surface area contributed by atoms with E-state index in [1.165, 1.54) is 26.2 Å². The van der Waals surface area contributed by atoms with Gasteiger partial charge in [-0.2, -0.15) is 0 Å². The van der Waals surface area contributed by atoms with Gasteiger partial charge in [0.1, 0.15) is 0 Å². The van der Waals surface area contributed by atoms with E-state index >= 15 is 0 Å². The van der Waals surface area contributed by atoms with Crippen LogP contribution in [0.4, 0.5) is 5.69 Å². The summed E-state index contributed by atoms with van der Waals surface area (Å²) in [5.41, 5.74) is 1.34. The molecule has 0 saturated carbocycles. The van der Waals surface area contributed by atoms with Crippen molar-refractivity contribution < 1.29 is 29.3 Å². The van der Waals surface area contributed by atoms with Crippen molar-refractivity contribution in [3.63, 3.8) is 0 Å². The van der Waals surface area contributed by atoms with Crippen molar-refractivity contribution in [3.8, 4) is 11.5 Å². The van der Waals surface area contributed by atoms with Crippen LogP contribution in [0.5, 0.6) is 11.5 Å². The fourth-order valence-corrected chi connectivity index (χ4v) is 1.97. The fraction of sp³-hybridized carbons (Fsp3) is 0.167. The maximum atomic E-state index is 11.0. The molecule has 0 aliphatic carbocycles. The summed E-state index contributed by atoms with van der Waals surface area (Å²) in [7, 11) is 1.45. The van der Waals surface area contributed by atoms with Crippen LogP contribution in [0.3, 0.4) is 0 Å². The van der Waals surface area contributed by atoms with Crippen LogP contribution in [0, 0.1) is 0 Å². The van der Waals surface area contributed by atoms with Crippen LogP contribution < -0.4 is 9.47 Å². The van der Waals surface area contributed by atoms with Gasteiger partial charge < -0.3 is 19.7 Å². The molecule has 2 rings (SSSR count). The van der Waals surface area contributed by atoms with Crippen LogP contribution in [0.2, 0.25) is 0 Å². The van der Waals surface area contributed by atoms with E-state index in [0.717, 1.165) is 0 Å². The molecule has 0 bridgehead atoms. The number of aromatic carboxylic acids is 1. The Balaban J connectivity index is 2.21. The van der Waals surface area contributed by atoms with Gasteiger partial charge in [0, 0.05) is 6.21 Å². The minimum Gasteiger partial charge on any atom is -0.493 e. The molecule has 130 valence electrons. The molecule has 0 fully saturated rings. The molecule has 0 unspecified atom stereocenters. The maximum absolute atomic E-state index is 11.0. The zero-order chi connectivity index (χ0) is 18.4. The monoisotopic (exact) mass is 343 g/mol. The van der Waals surface area contributed by atoms with Crippen LogP contribution in [-0.4, -0.2) is 41.6 Å². The number of hydrogen-bond donors (Lipinski definition) is 2. The molecule has 7 nitrogen and oxygen atoms in total. The Kier molecular flexibility index (Phi) is 5.73. The highest BCUT2D eigenvalue weighted by Gasteiger charge is 2.15. The SMILES string of the molecule is COc1cc(C=Nc2cccc(C(=O)O)c2)ccc1O[C@H](C)C(=O)O. The molecular formula is C18H17NO6. The number of carboxylic acid groups (broad SMARTS) is 2. The van der Waals surface area contributed by atoms with Crippen LogP contribution in [0.15, 0.2) is 47.5 Å². The third-order valence-electron chi connectivity index (χ3n) is 3.29. The number of methoxy groups -OCH3 is 1. The highest BCUT2D eigenvalue weighted by Crippen LogP contribution is 2.28. The number of carbonyl (C=O) groups is 2. The van der Waals surface area contributed by atoms with Gasteiger partial charge in [0.15, 0.2) is 17.6 Å². The summed E-state index contributed by atoms with van der Waals surface area (Å²) in [5, 5.41) is 17.9. The standard InChI is InChI=1S/C18H17NO6/c1-11(17(20)21)25-15-7-6-12(8-16(15)24-2)10-19-14-5-3-4-13(9-14)18(22)23/h3-11H,1-2H3,(H,20,21)(H,22,23)/t11-/m1/s1. The first kappa shape index (κ1) is 18.0. The van der Waals surface area contributed by atoms with Gasteiger partial charge in [0.25, 0.3) is 0 Å². The molecular weight excluding hydrogens is 326 g/mol. The molecule has 1 atom stereocenters. The number of aliphatic carboxylic acids is 1. The normalized spacial score (nSPS) is 11.9. The Morgan fingerprint density at radius 1 is 1.12 bits per heavy atom. The zero-order valence-electron chi connectivity index (χ0n) is 13.7. The van der Waals surface area contributed by atoms with Gasteiger partial charge in [0.05, 0.1) is 18.4 Å². The first-order chi connectivity index (χ1) is 11.9. The number of ether oxygens (including phenoxy) is 2. The summed E-state index contributed by atoms with van der Waals surface area (Å²) < 4.78 is 10.5. The number of carboxylic acids is 2. The predicted molar refractivity (Wildman–Crippen MR) is 91.4 cm³/mol. The molecule has 0 amide bonds. The summed E-state index contributed by atoms with van der Waals surface area (Å²) in [6, 6.07) is 11.2. The average Bonchev–Trinajstić information content (AvgIpc) is 2.60. The lowest BCUT2D eigenvalue weighted by Gasteiger charge is -2.14. The van der Waals surface area contributed by atoms with Gasteiger partial charge >= 0.3 is 11.9 Å². The van der Waals surface area contributed by atoms with Crippen LogP contribution in [0.1, 0.15) is 22.8 Å². The first-order valence-electron chi connectivity index (χ1n) is 7.35. The summed E-state index contributed by atoms with van der Waals surface area (Å²) in [4.78, 5) is 26.1. The molecule has 2 N–H and O–H groups in total. The molecule has 7 heteroatoms. The second-order valence-electron chi connectivity index (χ2n) is 5.12. The molecule has 0 aliphatic rings. The van der Waals surface area contributed by atoms with Crippen molar-refractivity contribution in [2.45, 2.75) is 13.0 Å². The van der Waals surface area contributed by atoms with E-state index in [4.69, 9.17) is 19.7 Å². The predicted octanol–water partition coefficient (Wildman–Crippen LogP) is 3.00. The largest absolute Gasteiger partial charge is 0.493 e. The second kappa shape index (κ2) is 7.96. The summed E-state index contributed by atoms with van der Waals surface area (Å²) >= 11 is 0. The lowest BCUT2D eigenvalue weighted by Crippen LogP contribution is -2.23. The number of rotatable bonds is 7. The van der Waals surface area contributed by atoms with Crippen molar-refractivity contribution in [1.29, 1.82) is 0 Å². The number of benzene rings is 2. The Morgan fingerprint density at radius 2 is 1.88 bits per heavy atom. The smallest absolute Gasteiger partial charge is 0.344 e. The molecule has 0 aromatic heterocycles. The summed E-state index contributed by atoms with van der Waals surface area (Å²) in [5.74, 6) is -1.42. The Hall–Kier alpha value is -3.35. The number of aliphatic imine (C=N–C) groups is 1. The van der Waals surface area contributed by atoms with Crippen LogP contribution >= 0.6 is 0 Å². The topological polar surface area (TPSA) is 105 Å². The average molecular weight is 343 g/mol. The highest BCUT2D eigenvalue weighted by molar-refractivity contribution is 5.89. The van der Waals surface area contributed by atoms with E-state index in [0.29, 0.717) is 22.7 Å². The minimum atomic E-state index is -1.08. The third-order valence-corrected chi connectivity index (χ3v) is 3.29. The van der Waals surface area contributed by atoms with Crippen molar-refractivity contribution in [3.05, 3.63) is 53.6 Å². The molecule has 0 aliphatic heterocycles. The van der Waals surface area contributed by atoms with Crippen molar-refractivity contribution in [2.75, 3.05) is 7.11 Å². The van der Waals surface area contributed by atoms with Gasteiger partial charge in [-0.3, -0.25) is 4.99 Å². The number of nitrogens with zero attached hydrogens (tertiary/aromatic N) is 1. The van der Waals surface area contributed by atoms with E-state index in [2.05, 4.69) is 4.99 Å². The van der Waals surface area contributed by atoms with E-state index in [-0.39, 0.29) is 5.56 Å². The second-order valence-corrected chi connectivity index (χ2v) is 5.12. The maximum Gasteiger partial charge on any atom is 0.344 e. The molecule has 25 heavy (non-hydrogen) atoms. The van der Waals surface area contributed by atoms with Crippen molar-refractivity contribution >= 4 is 23.8 Å². The Morgan fingerprint density at radius 3 is 2.52 bits per heavy atom. The lowest BCUT2D eigenvalue weighted by molar-refractivity contribution is -0.144. The summed E-state index contributed by atoms with van der Waals surface area (Å²) in [6.07, 6.45) is 0.542. The minimum absolute atomic E-state index is 0.152. The first-order valence-corrected chi connectivity index (χ1v) is 7.35. The fourth-order valence-electron chi connectivity index (χ4n) is 1.97. The molecule has 2 aromatic carbocycles. The van der Waals surface area contributed by atoms with Gasteiger partial charge in [-0.15, -0.1) is 0 Å². The Bertz CT molecular complexity index is 815. The zero-order valence-corrected chi connectivity index (χ0v) is 13.7. The number of hydrogen-bond acceptors (Lipinski definition) is 5. The molecule has 0 radical (unpaired) electrons. The van der Waals surface area contributed by atoms with Crippen LogP contribution in [0.25, 0.3) is 0 Å². The van der Waals surface area contributed by atoms with Crippen LogP contribution in [-0.2, 0) is 4.79 Å². The van der Waals surface area contributed by atoms with Gasteiger partial charge in [0.2, 0.25) is 0 Å². The molecule has 0 spiro atoms. The summed E-state index contributed by atoms with van der Waals surface area (Å²) in [6.45, 7) is 1.42. The molecule has 2 aromatic rings.